The number of nitrogens with zero attached hydrogens (tertiary/aromatic N) is 2. The van der Waals surface area contributed by atoms with E-state index in [1.165, 1.54) is 50.0 Å². The van der Waals surface area contributed by atoms with Gasteiger partial charge in [-0.05, 0) is 53.8 Å². The van der Waals surface area contributed by atoms with Gasteiger partial charge in [0, 0.05) is 12.5 Å². The van der Waals surface area contributed by atoms with Crippen molar-refractivity contribution in [3.63, 3.8) is 0 Å². The molecule has 0 bridgehead atoms. The number of rotatable bonds is 5. The molecule has 1 saturated heterocycles. The van der Waals surface area contributed by atoms with Crippen LogP contribution in [0.1, 0.15) is 74.6 Å². The topological polar surface area (TPSA) is 37.8 Å². The maximum absolute atomic E-state index is 4.99. The van der Waals surface area contributed by atoms with E-state index in [9.17, 15) is 0 Å². The highest BCUT2D eigenvalue weighted by Crippen LogP contribution is 2.43. The van der Waals surface area contributed by atoms with Gasteiger partial charge in [-0.2, -0.15) is 11.8 Å². The smallest absolute Gasteiger partial charge is 0.144 e. The van der Waals surface area contributed by atoms with Gasteiger partial charge in [0.1, 0.15) is 11.6 Å². The van der Waals surface area contributed by atoms with Gasteiger partial charge in [-0.25, -0.2) is 9.97 Å². The fraction of sp³-hybridized carbons (Fsp3) is 0.750. The lowest BCUT2D eigenvalue weighted by molar-refractivity contribution is 0.671. The minimum atomic E-state index is 0.500. The van der Waals surface area contributed by atoms with Crippen LogP contribution in [-0.2, 0) is 0 Å². The molecule has 1 N–H and O–H groups in total. The van der Waals surface area contributed by atoms with Crippen molar-refractivity contribution in [2.75, 3.05) is 17.6 Å². The van der Waals surface area contributed by atoms with Gasteiger partial charge in [0.15, 0.2) is 0 Å². The second kappa shape index (κ2) is 7.32. The molecule has 116 valence electrons. The maximum Gasteiger partial charge on any atom is 0.144 e. The van der Waals surface area contributed by atoms with Crippen LogP contribution in [0.2, 0.25) is 0 Å². The summed E-state index contributed by atoms with van der Waals surface area (Å²) in [7, 11) is 0. The summed E-state index contributed by atoms with van der Waals surface area (Å²) >= 11 is 5.79. The molecule has 2 fully saturated rings. The maximum atomic E-state index is 4.99. The summed E-state index contributed by atoms with van der Waals surface area (Å²) in [6, 6.07) is 0. The van der Waals surface area contributed by atoms with Crippen LogP contribution in [0.5, 0.6) is 0 Å². The lowest BCUT2D eigenvalue weighted by Gasteiger charge is -2.18. The number of thioether (sulfide) groups is 1. The summed E-state index contributed by atoms with van der Waals surface area (Å²) in [6.07, 6.45) is 8.87. The molecule has 1 saturated carbocycles. The molecule has 1 aromatic heterocycles. The van der Waals surface area contributed by atoms with E-state index < -0.39 is 0 Å². The molecule has 0 spiro atoms. The van der Waals surface area contributed by atoms with Crippen molar-refractivity contribution in [3.8, 4) is 0 Å². The minimum Gasteiger partial charge on any atom is -0.369 e. The number of aromatic nitrogens is 2. The van der Waals surface area contributed by atoms with Crippen molar-refractivity contribution >= 4 is 33.5 Å². The van der Waals surface area contributed by atoms with Gasteiger partial charge in [0.25, 0.3) is 0 Å². The zero-order valence-electron chi connectivity index (χ0n) is 12.7. The summed E-state index contributed by atoms with van der Waals surface area (Å²) in [5.41, 5.74) is 1.25. The van der Waals surface area contributed by atoms with E-state index in [0.717, 1.165) is 29.1 Å². The Bertz CT molecular complexity index is 483. The molecule has 3 rings (SSSR count). The molecule has 5 heteroatoms. The van der Waals surface area contributed by atoms with Crippen LogP contribution in [0, 0.1) is 0 Å². The molecular formula is C16H24BrN3S. The molecule has 2 aliphatic rings. The third kappa shape index (κ3) is 3.55. The first-order chi connectivity index (χ1) is 10.3. The summed E-state index contributed by atoms with van der Waals surface area (Å²) < 4.78 is 1.11. The van der Waals surface area contributed by atoms with Crippen LogP contribution < -0.4 is 5.32 Å². The lowest BCUT2D eigenvalue weighted by atomic mass is 10.0. The Morgan fingerprint density at radius 3 is 2.67 bits per heavy atom. The van der Waals surface area contributed by atoms with Gasteiger partial charge in [-0.15, -0.1) is 0 Å². The van der Waals surface area contributed by atoms with Crippen LogP contribution in [0.25, 0.3) is 0 Å². The van der Waals surface area contributed by atoms with E-state index in [1.807, 2.05) is 11.8 Å². The third-order valence-corrected chi connectivity index (χ3v) is 6.55. The van der Waals surface area contributed by atoms with Crippen LogP contribution in [-0.4, -0.2) is 22.3 Å². The molecule has 0 radical (unpaired) electrons. The Kier molecular flexibility index (Phi) is 5.43. The van der Waals surface area contributed by atoms with Gasteiger partial charge in [0.05, 0.1) is 15.4 Å². The van der Waals surface area contributed by atoms with E-state index in [-0.39, 0.29) is 0 Å². The van der Waals surface area contributed by atoms with Gasteiger partial charge in [0.2, 0.25) is 0 Å². The molecule has 1 unspecified atom stereocenters. The van der Waals surface area contributed by atoms with Gasteiger partial charge in [-0.3, -0.25) is 0 Å². The van der Waals surface area contributed by atoms with Crippen molar-refractivity contribution in [2.45, 2.75) is 63.0 Å². The minimum absolute atomic E-state index is 0.500. The van der Waals surface area contributed by atoms with Crippen LogP contribution in [0.4, 0.5) is 5.82 Å². The summed E-state index contributed by atoms with van der Waals surface area (Å²) in [5.74, 6) is 3.94. The van der Waals surface area contributed by atoms with E-state index in [1.54, 1.807) is 0 Å². The van der Waals surface area contributed by atoms with Crippen LogP contribution in [0.3, 0.4) is 0 Å². The largest absolute Gasteiger partial charge is 0.369 e. The van der Waals surface area contributed by atoms with Gasteiger partial charge >= 0.3 is 0 Å². The van der Waals surface area contributed by atoms with E-state index >= 15 is 0 Å². The molecule has 1 aliphatic carbocycles. The normalized spacial score (nSPS) is 22.9. The first kappa shape index (κ1) is 15.6. The monoisotopic (exact) mass is 369 g/mol. The molecule has 0 aromatic carbocycles. The molecule has 0 amide bonds. The molecule has 21 heavy (non-hydrogen) atoms. The SMILES string of the molecule is CCCNc1nc(C2CCCS2)nc(C2CCCC2)c1Br. The standard InChI is InChI=1S/C16H24BrN3S/c1-2-9-18-16-13(17)14(11-6-3-4-7-11)19-15(20-16)12-8-5-10-21-12/h11-12H,2-10H2,1H3,(H,18,19,20). The van der Waals surface area contributed by atoms with Crippen molar-refractivity contribution in [3.05, 3.63) is 16.0 Å². The summed E-state index contributed by atoms with van der Waals surface area (Å²) in [4.78, 5) is 9.82. The molecule has 1 atom stereocenters. The zero-order chi connectivity index (χ0) is 14.7. The second-order valence-electron chi connectivity index (χ2n) is 6.04. The van der Waals surface area contributed by atoms with E-state index in [0.29, 0.717) is 11.2 Å². The van der Waals surface area contributed by atoms with Gasteiger partial charge in [-0.1, -0.05) is 19.8 Å². The Labute approximate surface area is 140 Å². The quantitative estimate of drug-likeness (QED) is 0.765. The molecular weight excluding hydrogens is 346 g/mol. The highest BCUT2D eigenvalue weighted by atomic mass is 79.9. The van der Waals surface area contributed by atoms with E-state index in [2.05, 4.69) is 28.2 Å². The number of anilines is 1. The average molecular weight is 370 g/mol. The first-order valence-electron chi connectivity index (χ1n) is 8.22. The number of nitrogens with one attached hydrogen (secondary N) is 1. The Morgan fingerprint density at radius 2 is 2.00 bits per heavy atom. The Hall–Kier alpha value is -0.290. The zero-order valence-corrected chi connectivity index (χ0v) is 15.1. The highest BCUT2D eigenvalue weighted by Gasteiger charge is 2.27. The fourth-order valence-corrected chi connectivity index (χ4v) is 5.08. The first-order valence-corrected chi connectivity index (χ1v) is 10.1. The molecule has 2 heterocycles. The summed E-state index contributed by atoms with van der Waals surface area (Å²) in [5, 5.41) is 3.98. The van der Waals surface area contributed by atoms with Crippen molar-refractivity contribution in [1.82, 2.24) is 9.97 Å². The summed E-state index contributed by atoms with van der Waals surface area (Å²) in [6.45, 7) is 3.16. The Morgan fingerprint density at radius 1 is 1.19 bits per heavy atom. The van der Waals surface area contributed by atoms with Crippen LogP contribution >= 0.6 is 27.7 Å². The molecule has 1 aliphatic heterocycles. The van der Waals surface area contributed by atoms with E-state index in [4.69, 9.17) is 9.97 Å². The predicted molar refractivity (Wildman–Crippen MR) is 94.2 cm³/mol. The Balaban J connectivity index is 1.93. The fourth-order valence-electron chi connectivity index (χ4n) is 3.24. The number of hydrogen-bond donors (Lipinski definition) is 1. The highest BCUT2D eigenvalue weighted by molar-refractivity contribution is 9.10. The predicted octanol–water partition coefficient (Wildman–Crippen LogP) is 5.29. The van der Waals surface area contributed by atoms with Crippen LogP contribution in [0.15, 0.2) is 4.47 Å². The molecule has 1 aromatic rings. The number of hydrogen-bond acceptors (Lipinski definition) is 4. The number of halogens is 1. The van der Waals surface area contributed by atoms with Gasteiger partial charge < -0.3 is 5.32 Å². The van der Waals surface area contributed by atoms with Crippen molar-refractivity contribution in [1.29, 1.82) is 0 Å². The lowest BCUT2D eigenvalue weighted by Crippen LogP contribution is -2.11. The second-order valence-corrected chi connectivity index (χ2v) is 8.14. The third-order valence-electron chi connectivity index (χ3n) is 4.40. The van der Waals surface area contributed by atoms with Crippen molar-refractivity contribution < 1.29 is 0 Å². The molecule has 3 nitrogen and oxygen atoms in total. The average Bonchev–Trinajstić information content (AvgIpc) is 3.19. The van der Waals surface area contributed by atoms with Crippen molar-refractivity contribution in [2.24, 2.45) is 0 Å².